The topological polar surface area (TPSA) is 86.6 Å². The van der Waals surface area contributed by atoms with Gasteiger partial charge in [-0.15, -0.1) is 0 Å². The van der Waals surface area contributed by atoms with Gasteiger partial charge in [0.1, 0.15) is 0 Å². The van der Waals surface area contributed by atoms with E-state index in [2.05, 4.69) is 5.32 Å². The van der Waals surface area contributed by atoms with Crippen molar-refractivity contribution in [2.75, 3.05) is 6.61 Å². The minimum atomic E-state index is -0.958. The molecule has 1 amide bonds. The highest BCUT2D eigenvalue weighted by Gasteiger charge is 2.19. The molecule has 0 heterocycles. The monoisotopic (exact) mass is 279 g/mol. The number of carbonyl (C=O) groups is 2. The largest absolute Gasteiger partial charge is 0.478 e. The number of aliphatic hydroxyl groups excluding tert-OH is 1. The molecule has 0 bridgehead atoms. The van der Waals surface area contributed by atoms with Crippen LogP contribution in [0.4, 0.5) is 0 Å². The van der Waals surface area contributed by atoms with E-state index < -0.39 is 11.5 Å². The molecule has 0 aliphatic heterocycles. The first kappa shape index (κ1) is 16.2. The second-order valence-electron chi connectivity index (χ2n) is 5.41. The van der Waals surface area contributed by atoms with Gasteiger partial charge in [0, 0.05) is 18.6 Å². The van der Waals surface area contributed by atoms with Gasteiger partial charge >= 0.3 is 5.97 Å². The molecule has 1 aromatic rings. The summed E-state index contributed by atoms with van der Waals surface area (Å²) in [6, 6.07) is 6.50. The molecule has 110 valence electrons. The fourth-order valence-electron chi connectivity index (χ4n) is 1.85. The van der Waals surface area contributed by atoms with E-state index in [1.807, 2.05) is 13.8 Å². The highest BCUT2D eigenvalue weighted by molar-refractivity contribution is 5.87. The van der Waals surface area contributed by atoms with Crippen LogP contribution < -0.4 is 5.32 Å². The summed E-state index contributed by atoms with van der Waals surface area (Å²) >= 11 is 0. The molecular formula is C15H21NO4. The van der Waals surface area contributed by atoms with Crippen LogP contribution in [0.25, 0.3) is 0 Å². The van der Waals surface area contributed by atoms with Crippen molar-refractivity contribution in [3.8, 4) is 0 Å². The number of aryl methyl sites for hydroxylation is 1. The van der Waals surface area contributed by atoms with E-state index in [-0.39, 0.29) is 18.1 Å². The molecule has 0 aliphatic rings. The molecule has 0 radical (unpaired) electrons. The molecule has 5 nitrogen and oxygen atoms in total. The molecule has 0 fully saturated rings. The van der Waals surface area contributed by atoms with Gasteiger partial charge in [0.2, 0.25) is 5.91 Å². The van der Waals surface area contributed by atoms with Crippen molar-refractivity contribution in [3.63, 3.8) is 0 Å². The molecule has 0 saturated heterocycles. The third-order valence-corrected chi connectivity index (χ3v) is 3.06. The summed E-state index contributed by atoms with van der Waals surface area (Å²) < 4.78 is 0. The van der Waals surface area contributed by atoms with Crippen molar-refractivity contribution in [2.24, 2.45) is 0 Å². The maximum Gasteiger partial charge on any atom is 0.335 e. The van der Waals surface area contributed by atoms with E-state index in [1.54, 1.807) is 12.1 Å². The van der Waals surface area contributed by atoms with Crippen LogP contribution in [0.2, 0.25) is 0 Å². The van der Waals surface area contributed by atoms with Crippen LogP contribution in [0.3, 0.4) is 0 Å². The van der Waals surface area contributed by atoms with E-state index in [0.717, 1.165) is 5.56 Å². The number of hydrogen-bond donors (Lipinski definition) is 3. The SMILES string of the molecule is CC(C)(CCO)NC(=O)CCc1ccc(C(=O)O)cc1. The molecule has 20 heavy (non-hydrogen) atoms. The minimum absolute atomic E-state index is 0.0317. The number of carboxylic acid groups (broad SMARTS) is 1. The summed E-state index contributed by atoms with van der Waals surface area (Å²) in [4.78, 5) is 22.5. The van der Waals surface area contributed by atoms with Gasteiger partial charge in [0.25, 0.3) is 0 Å². The zero-order valence-corrected chi connectivity index (χ0v) is 11.8. The lowest BCUT2D eigenvalue weighted by Gasteiger charge is -2.25. The predicted molar refractivity (Wildman–Crippen MR) is 75.6 cm³/mol. The molecule has 1 aromatic carbocycles. The zero-order valence-electron chi connectivity index (χ0n) is 11.8. The molecule has 0 aromatic heterocycles. The zero-order chi connectivity index (χ0) is 15.2. The molecule has 0 spiro atoms. The molecule has 0 unspecified atom stereocenters. The van der Waals surface area contributed by atoms with E-state index in [1.165, 1.54) is 12.1 Å². The summed E-state index contributed by atoms with van der Waals surface area (Å²) in [6.07, 6.45) is 1.40. The molecule has 1 rings (SSSR count). The number of carbonyl (C=O) groups excluding carboxylic acids is 1. The van der Waals surface area contributed by atoms with Crippen LogP contribution in [-0.4, -0.2) is 34.2 Å². The summed E-state index contributed by atoms with van der Waals surface area (Å²) in [5.41, 5.74) is 0.742. The van der Waals surface area contributed by atoms with Crippen molar-refractivity contribution in [3.05, 3.63) is 35.4 Å². The van der Waals surface area contributed by atoms with Gasteiger partial charge in [-0.25, -0.2) is 4.79 Å². The third kappa shape index (κ3) is 5.40. The fourth-order valence-corrected chi connectivity index (χ4v) is 1.85. The van der Waals surface area contributed by atoms with Crippen LogP contribution in [0.1, 0.15) is 42.6 Å². The van der Waals surface area contributed by atoms with Gasteiger partial charge in [0.05, 0.1) is 5.56 Å². The highest BCUT2D eigenvalue weighted by Crippen LogP contribution is 2.10. The van der Waals surface area contributed by atoms with Gasteiger partial charge < -0.3 is 15.5 Å². The summed E-state index contributed by atoms with van der Waals surface area (Å²) in [7, 11) is 0. The van der Waals surface area contributed by atoms with Gasteiger partial charge in [-0.2, -0.15) is 0 Å². The average molecular weight is 279 g/mol. The van der Waals surface area contributed by atoms with Crippen molar-refractivity contribution < 1.29 is 19.8 Å². The standard InChI is InChI=1S/C15H21NO4/c1-15(2,9-10-17)16-13(18)8-5-11-3-6-12(7-4-11)14(19)20/h3-4,6-7,17H,5,8-10H2,1-2H3,(H,16,18)(H,19,20). The van der Waals surface area contributed by atoms with Gasteiger partial charge in [0.15, 0.2) is 0 Å². The third-order valence-electron chi connectivity index (χ3n) is 3.06. The summed E-state index contributed by atoms with van der Waals surface area (Å²) in [5, 5.41) is 20.5. The van der Waals surface area contributed by atoms with Crippen LogP contribution in [0.5, 0.6) is 0 Å². The maximum atomic E-state index is 11.8. The van der Waals surface area contributed by atoms with E-state index in [0.29, 0.717) is 19.3 Å². The Hall–Kier alpha value is -1.88. The highest BCUT2D eigenvalue weighted by atomic mass is 16.4. The Bertz CT molecular complexity index is 465. The first-order valence-corrected chi connectivity index (χ1v) is 6.58. The Morgan fingerprint density at radius 1 is 1.20 bits per heavy atom. The first-order valence-electron chi connectivity index (χ1n) is 6.58. The summed E-state index contributed by atoms with van der Waals surface area (Å²) in [5.74, 6) is -1.04. The number of aliphatic hydroxyl groups is 1. The Morgan fingerprint density at radius 2 is 1.80 bits per heavy atom. The summed E-state index contributed by atoms with van der Waals surface area (Å²) in [6.45, 7) is 3.76. The number of aromatic carboxylic acids is 1. The van der Waals surface area contributed by atoms with Crippen LogP contribution in [-0.2, 0) is 11.2 Å². The van der Waals surface area contributed by atoms with Crippen LogP contribution in [0.15, 0.2) is 24.3 Å². The van der Waals surface area contributed by atoms with Gasteiger partial charge in [-0.05, 0) is 44.4 Å². The first-order chi connectivity index (χ1) is 9.34. The number of rotatable bonds is 7. The Labute approximate surface area is 118 Å². The van der Waals surface area contributed by atoms with Crippen LogP contribution in [0, 0.1) is 0 Å². The Morgan fingerprint density at radius 3 is 2.30 bits per heavy atom. The number of carboxylic acids is 1. The molecule has 3 N–H and O–H groups in total. The second-order valence-corrected chi connectivity index (χ2v) is 5.41. The molecular weight excluding hydrogens is 258 g/mol. The van der Waals surface area contributed by atoms with Crippen molar-refractivity contribution in [1.29, 1.82) is 0 Å². The molecule has 0 aliphatic carbocycles. The van der Waals surface area contributed by atoms with Crippen LogP contribution >= 0.6 is 0 Å². The number of benzene rings is 1. The lowest BCUT2D eigenvalue weighted by molar-refractivity contribution is -0.122. The molecule has 0 saturated carbocycles. The quantitative estimate of drug-likeness (QED) is 0.707. The Kier molecular flexibility index (Phi) is 5.70. The van der Waals surface area contributed by atoms with E-state index >= 15 is 0 Å². The van der Waals surface area contributed by atoms with Crippen molar-refractivity contribution >= 4 is 11.9 Å². The fraction of sp³-hybridized carbons (Fsp3) is 0.467. The predicted octanol–water partition coefficient (Wildman–Crippen LogP) is 1.59. The average Bonchev–Trinajstić information content (AvgIpc) is 2.36. The number of amides is 1. The number of hydrogen-bond acceptors (Lipinski definition) is 3. The minimum Gasteiger partial charge on any atom is -0.478 e. The maximum absolute atomic E-state index is 11.8. The lowest BCUT2D eigenvalue weighted by atomic mass is 10.0. The van der Waals surface area contributed by atoms with Crippen molar-refractivity contribution in [1.82, 2.24) is 5.32 Å². The van der Waals surface area contributed by atoms with E-state index in [9.17, 15) is 9.59 Å². The van der Waals surface area contributed by atoms with Crippen molar-refractivity contribution in [2.45, 2.75) is 38.6 Å². The smallest absolute Gasteiger partial charge is 0.335 e. The van der Waals surface area contributed by atoms with Gasteiger partial charge in [-0.1, -0.05) is 12.1 Å². The lowest BCUT2D eigenvalue weighted by Crippen LogP contribution is -2.44. The second kappa shape index (κ2) is 7.05. The Balaban J connectivity index is 2.46. The molecule has 5 heteroatoms. The number of nitrogens with one attached hydrogen (secondary N) is 1. The van der Waals surface area contributed by atoms with Gasteiger partial charge in [-0.3, -0.25) is 4.79 Å². The molecule has 0 atom stereocenters. The van der Waals surface area contributed by atoms with E-state index in [4.69, 9.17) is 10.2 Å². The normalized spacial score (nSPS) is 11.2.